The molecule has 6 heteroatoms. The number of hydrogen-bond acceptors (Lipinski definition) is 2. The summed E-state index contributed by atoms with van der Waals surface area (Å²) in [6.45, 7) is 3.59. The first-order chi connectivity index (χ1) is 12.4. The van der Waals surface area contributed by atoms with E-state index in [0.29, 0.717) is 16.9 Å². The summed E-state index contributed by atoms with van der Waals surface area (Å²) in [6.07, 6.45) is 0. The smallest absolute Gasteiger partial charge is 0.296 e. The van der Waals surface area contributed by atoms with Crippen molar-refractivity contribution in [3.05, 3.63) is 81.8 Å². The molecule has 4 nitrogen and oxygen atoms in total. The van der Waals surface area contributed by atoms with Crippen molar-refractivity contribution in [1.82, 2.24) is 4.57 Å². The number of nitrogens with one attached hydrogen (secondary N) is 1. The summed E-state index contributed by atoms with van der Waals surface area (Å²) < 4.78 is 15.9. The van der Waals surface area contributed by atoms with E-state index in [-0.39, 0.29) is 5.82 Å². The van der Waals surface area contributed by atoms with Crippen LogP contribution in [0.1, 0.15) is 21.7 Å². The van der Waals surface area contributed by atoms with Crippen molar-refractivity contribution in [2.75, 3.05) is 5.32 Å². The highest BCUT2D eigenvalue weighted by Gasteiger charge is 2.22. The lowest BCUT2D eigenvalue weighted by Crippen LogP contribution is -2.23. The molecule has 0 radical (unpaired) electrons. The van der Waals surface area contributed by atoms with Crippen LogP contribution in [0.5, 0.6) is 0 Å². The molecular weight excluding hydrogens is 399 g/mol. The fraction of sp³-hybridized carbons (Fsp3) is 0.100. The number of carbonyl (C=O) groups excluding carboxylic acids is 2. The van der Waals surface area contributed by atoms with E-state index in [2.05, 4.69) is 21.2 Å². The van der Waals surface area contributed by atoms with Gasteiger partial charge in [-0.3, -0.25) is 9.59 Å². The van der Waals surface area contributed by atoms with Gasteiger partial charge in [0.1, 0.15) is 5.82 Å². The topological polar surface area (TPSA) is 51.1 Å². The number of amides is 1. The standard InChI is InChI=1S/C20H16BrFN2O2/c1-12-11-18(13(2)24(12)17-9-5-15(22)6-10-17)19(25)20(26)23-16-7-3-14(21)4-8-16/h3-11H,1-2H3,(H,23,26). The molecule has 0 fully saturated rings. The quantitative estimate of drug-likeness (QED) is 0.491. The molecule has 2 aromatic carbocycles. The molecule has 0 saturated heterocycles. The Morgan fingerprint density at radius 1 is 1.00 bits per heavy atom. The number of nitrogens with zero attached hydrogens (tertiary/aromatic N) is 1. The number of rotatable bonds is 4. The van der Waals surface area contributed by atoms with Crippen molar-refractivity contribution in [2.45, 2.75) is 13.8 Å². The van der Waals surface area contributed by atoms with Gasteiger partial charge in [0, 0.05) is 32.8 Å². The molecule has 3 rings (SSSR count). The van der Waals surface area contributed by atoms with Crippen LogP contribution in [-0.2, 0) is 4.79 Å². The Morgan fingerprint density at radius 2 is 1.62 bits per heavy atom. The van der Waals surface area contributed by atoms with Gasteiger partial charge in [-0.15, -0.1) is 0 Å². The Hall–Kier alpha value is -2.73. The summed E-state index contributed by atoms with van der Waals surface area (Å²) in [4.78, 5) is 24.9. The maximum absolute atomic E-state index is 13.2. The van der Waals surface area contributed by atoms with E-state index in [1.54, 1.807) is 49.4 Å². The largest absolute Gasteiger partial charge is 0.319 e. The predicted molar refractivity (Wildman–Crippen MR) is 102 cm³/mol. The minimum Gasteiger partial charge on any atom is -0.319 e. The number of Topliss-reactive ketones (excluding diaryl/α,β-unsaturated/α-hetero) is 1. The monoisotopic (exact) mass is 414 g/mol. The number of aromatic nitrogens is 1. The van der Waals surface area contributed by atoms with Crippen molar-refractivity contribution in [1.29, 1.82) is 0 Å². The molecule has 0 unspecified atom stereocenters. The van der Waals surface area contributed by atoms with Crippen molar-refractivity contribution in [3.63, 3.8) is 0 Å². The van der Waals surface area contributed by atoms with Crippen LogP contribution < -0.4 is 5.32 Å². The first-order valence-corrected chi connectivity index (χ1v) is 8.72. The summed E-state index contributed by atoms with van der Waals surface area (Å²) in [5.41, 5.74) is 3.01. The second-order valence-electron chi connectivity index (χ2n) is 5.89. The molecule has 1 aromatic heterocycles. The van der Waals surface area contributed by atoms with Gasteiger partial charge in [-0.05, 0) is 68.4 Å². The predicted octanol–water partition coefficient (Wildman–Crippen LogP) is 4.82. The minimum atomic E-state index is -0.702. The Kier molecular flexibility index (Phi) is 5.04. The minimum absolute atomic E-state index is 0.321. The molecule has 0 aliphatic carbocycles. The van der Waals surface area contributed by atoms with Crippen LogP contribution in [0.15, 0.2) is 59.1 Å². The Bertz CT molecular complexity index is 976. The van der Waals surface area contributed by atoms with E-state index in [9.17, 15) is 14.0 Å². The zero-order valence-electron chi connectivity index (χ0n) is 14.2. The number of halogens is 2. The van der Waals surface area contributed by atoms with Gasteiger partial charge in [-0.1, -0.05) is 15.9 Å². The Morgan fingerprint density at radius 3 is 2.23 bits per heavy atom. The zero-order valence-corrected chi connectivity index (χ0v) is 15.8. The molecule has 0 bridgehead atoms. The number of ketones is 1. The number of aryl methyl sites for hydroxylation is 1. The summed E-state index contributed by atoms with van der Waals surface area (Å²) in [5.74, 6) is -1.65. The van der Waals surface area contributed by atoms with Gasteiger partial charge >= 0.3 is 0 Å². The van der Waals surface area contributed by atoms with Crippen LogP contribution in [0.3, 0.4) is 0 Å². The van der Waals surface area contributed by atoms with E-state index in [1.165, 1.54) is 12.1 Å². The van der Waals surface area contributed by atoms with Crippen molar-refractivity contribution in [3.8, 4) is 5.69 Å². The normalized spacial score (nSPS) is 10.6. The zero-order chi connectivity index (χ0) is 18.8. The van der Waals surface area contributed by atoms with Crippen molar-refractivity contribution in [2.24, 2.45) is 0 Å². The number of anilines is 1. The summed E-state index contributed by atoms with van der Waals surface area (Å²) in [5, 5.41) is 2.60. The molecule has 132 valence electrons. The van der Waals surface area contributed by atoms with E-state index < -0.39 is 11.7 Å². The highest BCUT2D eigenvalue weighted by atomic mass is 79.9. The Balaban J connectivity index is 1.88. The van der Waals surface area contributed by atoms with Gasteiger partial charge in [-0.25, -0.2) is 4.39 Å². The molecule has 0 saturated carbocycles. The van der Waals surface area contributed by atoms with Gasteiger partial charge in [0.2, 0.25) is 0 Å². The fourth-order valence-electron chi connectivity index (χ4n) is 2.82. The molecule has 26 heavy (non-hydrogen) atoms. The second kappa shape index (κ2) is 7.25. The number of hydrogen-bond donors (Lipinski definition) is 1. The lowest BCUT2D eigenvalue weighted by atomic mass is 10.1. The Labute approximate surface area is 158 Å². The maximum atomic E-state index is 13.2. The van der Waals surface area contributed by atoms with Crippen LogP contribution in [-0.4, -0.2) is 16.3 Å². The first-order valence-electron chi connectivity index (χ1n) is 7.93. The molecule has 1 amide bonds. The van der Waals surface area contributed by atoms with Crippen LogP contribution in [0.25, 0.3) is 5.69 Å². The molecule has 0 aliphatic rings. The summed E-state index contributed by atoms with van der Waals surface area (Å²) >= 11 is 3.32. The summed E-state index contributed by atoms with van der Waals surface area (Å²) in [6, 6.07) is 14.6. The van der Waals surface area contributed by atoms with Crippen LogP contribution in [0.2, 0.25) is 0 Å². The highest BCUT2D eigenvalue weighted by Crippen LogP contribution is 2.22. The van der Waals surface area contributed by atoms with Gasteiger partial charge in [0.15, 0.2) is 0 Å². The lowest BCUT2D eigenvalue weighted by Gasteiger charge is -2.10. The molecule has 1 heterocycles. The number of carbonyl (C=O) groups is 2. The van der Waals surface area contributed by atoms with Crippen molar-refractivity contribution < 1.29 is 14.0 Å². The SMILES string of the molecule is Cc1cc(C(=O)C(=O)Nc2ccc(Br)cc2)c(C)n1-c1ccc(F)cc1. The molecule has 0 atom stereocenters. The van der Waals surface area contributed by atoms with E-state index in [1.807, 2.05) is 11.5 Å². The third kappa shape index (κ3) is 3.60. The summed E-state index contributed by atoms with van der Waals surface area (Å²) in [7, 11) is 0. The fourth-order valence-corrected chi connectivity index (χ4v) is 3.09. The van der Waals surface area contributed by atoms with Gasteiger partial charge < -0.3 is 9.88 Å². The van der Waals surface area contributed by atoms with Crippen molar-refractivity contribution >= 4 is 33.3 Å². The number of benzene rings is 2. The van der Waals surface area contributed by atoms with Gasteiger partial charge in [-0.2, -0.15) is 0 Å². The third-order valence-electron chi connectivity index (χ3n) is 4.07. The third-order valence-corrected chi connectivity index (χ3v) is 4.60. The molecule has 0 aliphatic heterocycles. The average molecular weight is 415 g/mol. The van der Waals surface area contributed by atoms with Crippen LogP contribution in [0.4, 0.5) is 10.1 Å². The maximum Gasteiger partial charge on any atom is 0.296 e. The van der Waals surface area contributed by atoms with E-state index in [0.717, 1.165) is 15.9 Å². The molecule has 3 aromatic rings. The van der Waals surface area contributed by atoms with E-state index in [4.69, 9.17) is 0 Å². The first kappa shape index (κ1) is 18.1. The molecule has 0 spiro atoms. The lowest BCUT2D eigenvalue weighted by molar-refractivity contribution is -0.112. The second-order valence-corrected chi connectivity index (χ2v) is 6.80. The van der Waals surface area contributed by atoms with E-state index >= 15 is 0 Å². The molecular formula is C20H16BrFN2O2. The highest BCUT2D eigenvalue weighted by molar-refractivity contribution is 9.10. The van der Waals surface area contributed by atoms with Gasteiger partial charge in [0.05, 0.1) is 0 Å². The van der Waals surface area contributed by atoms with Crippen LogP contribution in [0, 0.1) is 19.7 Å². The molecule has 1 N–H and O–H groups in total. The van der Waals surface area contributed by atoms with Gasteiger partial charge in [0.25, 0.3) is 11.7 Å². The van der Waals surface area contributed by atoms with Crippen LogP contribution >= 0.6 is 15.9 Å². The average Bonchev–Trinajstić information content (AvgIpc) is 2.91.